The monoisotopic (exact) mass is 189 g/mol. The average molecular weight is 189 g/mol. The molecule has 0 amide bonds. The van der Waals surface area contributed by atoms with Crippen molar-refractivity contribution in [2.75, 3.05) is 13.1 Å². The van der Waals surface area contributed by atoms with Crippen molar-refractivity contribution in [1.82, 2.24) is 5.32 Å². The first kappa shape index (κ1) is 10.2. The SMILES string of the molecule is CC(C)(C)S(=O)C1CCNCC1. The summed E-state index contributed by atoms with van der Waals surface area (Å²) < 4.78 is 11.9. The van der Waals surface area contributed by atoms with Gasteiger partial charge in [-0.1, -0.05) is 0 Å². The van der Waals surface area contributed by atoms with Gasteiger partial charge in [0.15, 0.2) is 0 Å². The van der Waals surface area contributed by atoms with Gasteiger partial charge in [0.25, 0.3) is 0 Å². The summed E-state index contributed by atoms with van der Waals surface area (Å²) in [5, 5.41) is 3.71. The number of rotatable bonds is 1. The van der Waals surface area contributed by atoms with Crippen LogP contribution in [0, 0.1) is 0 Å². The summed E-state index contributed by atoms with van der Waals surface area (Å²) in [7, 11) is -0.664. The topological polar surface area (TPSA) is 29.1 Å². The highest BCUT2D eigenvalue weighted by Gasteiger charge is 2.28. The molecule has 1 aliphatic heterocycles. The van der Waals surface area contributed by atoms with E-state index in [4.69, 9.17) is 0 Å². The molecule has 1 rings (SSSR count). The van der Waals surface area contributed by atoms with Gasteiger partial charge in [0, 0.05) is 20.8 Å². The van der Waals surface area contributed by atoms with Crippen molar-refractivity contribution in [1.29, 1.82) is 0 Å². The predicted molar refractivity (Wildman–Crippen MR) is 53.8 cm³/mol. The van der Waals surface area contributed by atoms with Crippen LogP contribution in [-0.2, 0) is 10.8 Å². The Kier molecular flexibility index (Phi) is 3.29. The molecule has 1 unspecified atom stereocenters. The van der Waals surface area contributed by atoms with Crippen molar-refractivity contribution in [3.05, 3.63) is 0 Å². The van der Waals surface area contributed by atoms with Gasteiger partial charge in [-0.2, -0.15) is 0 Å². The smallest absolute Gasteiger partial charge is 0.0377 e. The minimum atomic E-state index is -0.664. The summed E-state index contributed by atoms with van der Waals surface area (Å²) in [4.78, 5) is 0. The van der Waals surface area contributed by atoms with Crippen molar-refractivity contribution in [2.24, 2.45) is 0 Å². The number of hydrogen-bond donors (Lipinski definition) is 1. The fraction of sp³-hybridized carbons (Fsp3) is 1.00. The van der Waals surface area contributed by atoms with Gasteiger partial charge in [-0.15, -0.1) is 0 Å². The van der Waals surface area contributed by atoms with E-state index in [1.165, 1.54) is 0 Å². The van der Waals surface area contributed by atoms with Gasteiger partial charge in [-0.3, -0.25) is 4.21 Å². The lowest BCUT2D eigenvalue weighted by atomic mass is 10.2. The standard InChI is InChI=1S/C9H19NOS/c1-9(2,3)12(11)8-4-6-10-7-5-8/h8,10H,4-7H2,1-3H3. The van der Waals surface area contributed by atoms with Crippen molar-refractivity contribution in [3.8, 4) is 0 Å². The lowest BCUT2D eigenvalue weighted by molar-refractivity contribution is 0.512. The average Bonchev–Trinajstić information content (AvgIpc) is 2.03. The molecular weight excluding hydrogens is 170 g/mol. The first-order chi connectivity index (χ1) is 5.52. The predicted octanol–water partition coefficient (Wildman–Crippen LogP) is 1.29. The van der Waals surface area contributed by atoms with Crippen LogP contribution in [0.1, 0.15) is 33.6 Å². The highest BCUT2D eigenvalue weighted by molar-refractivity contribution is 7.87. The molecule has 1 aliphatic rings. The summed E-state index contributed by atoms with van der Waals surface area (Å²) in [5.41, 5.74) is 0. The normalized spacial score (nSPS) is 23.9. The number of piperidine rings is 1. The summed E-state index contributed by atoms with van der Waals surface area (Å²) in [6.07, 6.45) is 2.15. The molecule has 0 aromatic rings. The van der Waals surface area contributed by atoms with Crippen LogP contribution in [0.3, 0.4) is 0 Å². The van der Waals surface area contributed by atoms with E-state index in [0.29, 0.717) is 5.25 Å². The third-order valence-electron chi connectivity index (χ3n) is 2.19. The minimum absolute atomic E-state index is 0.0397. The molecule has 1 fully saturated rings. The van der Waals surface area contributed by atoms with Gasteiger partial charge >= 0.3 is 0 Å². The van der Waals surface area contributed by atoms with E-state index in [9.17, 15) is 4.21 Å². The molecule has 0 radical (unpaired) electrons. The third-order valence-corrected chi connectivity index (χ3v) is 4.48. The van der Waals surface area contributed by atoms with Gasteiger partial charge in [0.1, 0.15) is 0 Å². The quantitative estimate of drug-likeness (QED) is 0.673. The van der Waals surface area contributed by atoms with Gasteiger partial charge in [0.2, 0.25) is 0 Å². The molecule has 0 aromatic heterocycles. The van der Waals surface area contributed by atoms with Crippen molar-refractivity contribution in [3.63, 3.8) is 0 Å². The highest BCUT2D eigenvalue weighted by atomic mass is 32.2. The first-order valence-corrected chi connectivity index (χ1v) is 5.84. The van der Waals surface area contributed by atoms with E-state index in [0.717, 1.165) is 25.9 Å². The Hall–Kier alpha value is 0.110. The molecule has 12 heavy (non-hydrogen) atoms. The lowest BCUT2D eigenvalue weighted by Crippen LogP contribution is -2.39. The molecule has 1 atom stereocenters. The molecule has 72 valence electrons. The molecule has 1 heterocycles. The second kappa shape index (κ2) is 3.88. The van der Waals surface area contributed by atoms with E-state index in [-0.39, 0.29) is 4.75 Å². The Morgan fingerprint density at radius 1 is 1.25 bits per heavy atom. The van der Waals surface area contributed by atoms with Crippen LogP contribution >= 0.6 is 0 Å². The van der Waals surface area contributed by atoms with E-state index < -0.39 is 10.8 Å². The second-order valence-electron chi connectivity index (χ2n) is 4.36. The van der Waals surface area contributed by atoms with Crippen LogP contribution < -0.4 is 5.32 Å². The van der Waals surface area contributed by atoms with E-state index in [1.807, 2.05) is 0 Å². The van der Waals surface area contributed by atoms with Crippen LogP contribution in [-0.4, -0.2) is 27.3 Å². The summed E-state index contributed by atoms with van der Waals surface area (Å²) in [6, 6.07) is 0. The van der Waals surface area contributed by atoms with Crippen LogP contribution in [0.2, 0.25) is 0 Å². The Labute approximate surface area is 77.6 Å². The molecule has 1 saturated heterocycles. The Balaban J connectivity index is 2.51. The largest absolute Gasteiger partial charge is 0.317 e. The third kappa shape index (κ3) is 2.56. The molecule has 1 N–H and O–H groups in total. The zero-order valence-electron chi connectivity index (χ0n) is 8.22. The maximum absolute atomic E-state index is 11.9. The van der Waals surface area contributed by atoms with Crippen molar-refractivity contribution < 1.29 is 4.21 Å². The van der Waals surface area contributed by atoms with Gasteiger partial charge in [0.05, 0.1) is 0 Å². The molecule has 0 aromatic carbocycles. The highest BCUT2D eigenvalue weighted by Crippen LogP contribution is 2.21. The minimum Gasteiger partial charge on any atom is -0.317 e. The maximum atomic E-state index is 11.9. The van der Waals surface area contributed by atoms with Crippen molar-refractivity contribution >= 4 is 10.8 Å². The lowest BCUT2D eigenvalue weighted by Gasteiger charge is -2.28. The zero-order chi connectivity index (χ0) is 9.19. The van der Waals surface area contributed by atoms with Gasteiger partial charge in [-0.05, 0) is 46.7 Å². The van der Waals surface area contributed by atoms with Crippen LogP contribution in [0.5, 0.6) is 0 Å². The van der Waals surface area contributed by atoms with E-state index in [2.05, 4.69) is 26.1 Å². The molecule has 2 nitrogen and oxygen atoms in total. The van der Waals surface area contributed by atoms with E-state index >= 15 is 0 Å². The Morgan fingerprint density at radius 2 is 1.75 bits per heavy atom. The fourth-order valence-corrected chi connectivity index (χ4v) is 3.17. The Morgan fingerprint density at radius 3 is 2.17 bits per heavy atom. The summed E-state index contributed by atoms with van der Waals surface area (Å²) in [6.45, 7) is 8.25. The fourth-order valence-electron chi connectivity index (χ4n) is 1.51. The Bertz CT molecular complexity index is 168. The van der Waals surface area contributed by atoms with Gasteiger partial charge < -0.3 is 5.32 Å². The van der Waals surface area contributed by atoms with Crippen molar-refractivity contribution in [2.45, 2.75) is 43.6 Å². The van der Waals surface area contributed by atoms with Crippen LogP contribution in [0.25, 0.3) is 0 Å². The van der Waals surface area contributed by atoms with Gasteiger partial charge in [-0.25, -0.2) is 0 Å². The van der Waals surface area contributed by atoms with Crippen LogP contribution in [0.15, 0.2) is 0 Å². The molecule has 0 aliphatic carbocycles. The molecule has 0 saturated carbocycles. The summed E-state index contributed by atoms with van der Waals surface area (Å²) >= 11 is 0. The molecule has 0 bridgehead atoms. The molecular formula is C9H19NOS. The van der Waals surface area contributed by atoms with E-state index in [1.54, 1.807) is 0 Å². The number of hydrogen-bond acceptors (Lipinski definition) is 2. The molecule has 3 heteroatoms. The second-order valence-corrected chi connectivity index (χ2v) is 6.85. The maximum Gasteiger partial charge on any atom is 0.0377 e. The number of nitrogens with one attached hydrogen (secondary N) is 1. The molecule has 0 spiro atoms. The van der Waals surface area contributed by atoms with Crippen LogP contribution in [0.4, 0.5) is 0 Å². The zero-order valence-corrected chi connectivity index (χ0v) is 9.04. The summed E-state index contributed by atoms with van der Waals surface area (Å²) in [5.74, 6) is 0. The first-order valence-electron chi connectivity index (χ1n) is 4.63.